The van der Waals surface area contributed by atoms with Crippen LogP contribution in [0, 0.1) is 17.8 Å². The lowest BCUT2D eigenvalue weighted by Gasteiger charge is -2.27. The van der Waals surface area contributed by atoms with Crippen LogP contribution in [-0.4, -0.2) is 54.0 Å². The molecule has 8 nitrogen and oxygen atoms in total. The van der Waals surface area contributed by atoms with Crippen LogP contribution in [0.25, 0.3) is 0 Å². The molecule has 7 N–H and O–H groups in total. The first-order chi connectivity index (χ1) is 13.7. The van der Waals surface area contributed by atoms with Gasteiger partial charge >= 0.3 is 0 Å². The zero-order valence-corrected chi connectivity index (χ0v) is 18.2. The SMILES string of the molecule is CC(C)C(=O)[C@H](CN)NC(=O)[C@@H](NC(=O)C(CN)CCC1CCCCC1)[C@H](C)O. The minimum Gasteiger partial charge on any atom is -0.391 e. The predicted molar refractivity (Wildman–Crippen MR) is 113 cm³/mol. The Morgan fingerprint density at radius 3 is 2.07 bits per heavy atom. The average Bonchev–Trinajstić information content (AvgIpc) is 2.70. The minimum atomic E-state index is -1.17. The number of hydrogen-bond acceptors (Lipinski definition) is 6. The van der Waals surface area contributed by atoms with Crippen molar-refractivity contribution >= 4 is 17.6 Å². The van der Waals surface area contributed by atoms with Crippen LogP contribution in [0.2, 0.25) is 0 Å². The molecule has 0 aliphatic heterocycles. The summed E-state index contributed by atoms with van der Waals surface area (Å²) in [5, 5.41) is 15.2. The molecule has 168 valence electrons. The van der Waals surface area contributed by atoms with Crippen molar-refractivity contribution in [2.45, 2.75) is 83.9 Å². The highest BCUT2D eigenvalue weighted by Gasteiger charge is 2.31. The molecule has 1 unspecified atom stereocenters. The quantitative estimate of drug-likeness (QED) is 0.314. The molecule has 0 radical (unpaired) electrons. The molecule has 1 fully saturated rings. The van der Waals surface area contributed by atoms with Gasteiger partial charge in [0.25, 0.3) is 0 Å². The van der Waals surface area contributed by atoms with Crippen LogP contribution in [0.1, 0.15) is 65.7 Å². The van der Waals surface area contributed by atoms with Gasteiger partial charge in [-0.25, -0.2) is 0 Å². The molecular weight excluding hydrogens is 372 g/mol. The Balaban J connectivity index is 2.67. The third-order valence-electron chi connectivity index (χ3n) is 5.83. The van der Waals surface area contributed by atoms with Crippen molar-refractivity contribution in [1.29, 1.82) is 0 Å². The Bertz CT molecular complexity index is 533. The molecule has 1 aliphatic rings. The lowest BCUT2D eigenvalue weighted by atomic mass is 9.84. The maximum absolute atomic E-state index is 12.7. The Hall–Kier alpha value is -1.51. The molecule has 2 amide bonds. The van der Waals surface area contributed by atoms with E-state index in [9.17, 15) is 19.5 Å². The molecule has 1 aliphatic carbocycles. The number of aliphatic hydroxyl groups excluding tert-OH is 1. The fourth-order valence-corrected chi connectivity index (χ4v) is 3.86. The van der Waals surface area contributed by atoms with Gasteiger partial charge in [0.2, 0.25) is 11.8 Å². The highest BCUT2D eigenvalue weighted by atomic mass is 16.3. The number of aliphatic hydroxyl groups is 1. The fraction of sp³-hybridized carbons (Fsp3) is 0.857. The number of hydrogen-bond donors (Lipinski definition) is 5. The molecule has 29 heavy (non-hydrogen) atoms. The third-order valence-corrected chi connectivity index (χ3v) is 5.83. The normalized spacial score (nSPS) is 19.3. The van der Waals surface area contributed by atoms with Crippen LogP contribution in [0.3, 0.4) is 0 Å². The van der Waals surface area contributed by atoms with E-state index in [2.05, 4.69) is 10.6 Å². The number of ketones is 1. The Morgan fingerprint density at radius 1 is 0.966 bits per heavy atom. The Labute approximate surface area is 174 Å². The third kappa shape index (κ3) is 8.40. The molecule has 0 aromatic rings. The predicted octanol–water partition coefficient (Wildman–Crippen LogP) is 0.456. The van der Waals surface area contributed by atoms with E-state index >= 15 is 0 Å². The number of rotatable bonds is 12. The number of carbonyl (C=O) groups excluding carboxylic acids is 3. The first-order valence-electron chi connectivity index (χ1n) is 10.9. The Morgan fingerprint density at radius 2 is 1.59 bits per heavy atom. The van der Waals surface area contributed by atoms with Crippen LogP contribution >= 0.6 is 0 Å². The number of nitrogens with one attached hydrogen (secondary N) is 2. The van der Waals surface area contributed by atoms with E-state index in [4.69, 9.17) is 11.5 Å². The summed E-state index contributed by atoms with van der Waals surface area (Å²) in [6.45, 7) is 5.01. The molecule has 0 heterocycles. The number of amides is 2. The molecule has 0 spiro atoms. The topological polar surface area (TPSA) is 148 Å². The average molecular weight is 413 g/mol. The molecule has 0 aromatic carbocycles. The summed E-state index contributed by atoms with van der Waals surface area (Å²) in [4.78, 5) is 37.5. The van der Waals surface area contributed by atoms with Crippen molar-refractivity contribution in [3.05, 3.63) is 0 Å². The second kappa shape index (κ2) is 12.9. The molecule has 0 bridgehead atoms. The van der Waals surface area contributed by atoms with E-state index in [0.717, 1.165) is 6.42 Å². The van der Waals surface area contributed by atoms with Gasteiger partial charge in [-0.2, -0.15) is 0 Å². The van der Waals surface area contributed by atoms with Crippen molar-refractivity contribution in [2.75, 3.05) is 13.1 Å². The van der Waals surface area contributed by atoms with Gasteiger partial charge in [-0.15, -0.1) is 0 Å². The van der Waals surface area contributed by atoms with E-state index in [1.54, 1.807) is 13.8 Å². The summed E-state index contributed by atoms with van der Waals surface area (Å²) in [5.74, 6) is -1.22. The standard InChI is InChI=1S/C21H40N4O4/c1-13(2)19(27)17(12-23)24-21(29)18(14(3)26)25-20(28)16(11-22)10-9-15-7-5-4-6-8-15/h13-18,26H,4-12,22-23H2,1-3H3,(H,24,29)(H,25,28)/t14-,16?,17-,18-/m0/s1. The van der Waals surface area contributed by atoms with E-state index in [0.29, 0.717) is 12.3 Å². The minimum absolute atomic E-state index is 0.0456. The highest BCUT2D eigenvalue weighted by molar-refractivity contribution is 5.94. The monoisotopic (exact) mass is 412 g/mol. The van der Waals surface area contributed by atoms with Gasteiger partial charge in [0.1, 0.15) is 6.04 Å². The van der Waals surface area contributed by atoms with E-state index in [-0.39, 0.29) is 30.7 Å². The molecule has 4 atom stereocenters. The largest absolute Gasteiger partial charge is 0.391 e. The van der Waals surface area contributed by atoms with Gasteiger partial charge < -0.3 is 27.2 Å². The van der Waals surface area contributed by atoms with Gasteiger partial charge in [0.15, 0.2) is 5.78 Å². The summed E-state index contributed by atoms with van der Waals surface area (Å²) in [6.07, 6.45) is 6.65. The van der Waals surface area contributed by atoms with Crippen LogP contribution in [0.4, 0.5) is 0 Å². The molecule has 0 saturated heterocycles. The second-order valence-electron chi connectivity index (χ2n) is 8.59. The maximum Gasteiger partial charge on any atom is 0.245 e. The van der Waals surface area contributed by atoms with Gasteiger partial charge in [-0.1, -0.05) is 46.0 Å². The molecule has 8 heteroatoms. The van der Waals surface area contributed by atoms with Crippen molar-refractivity contribution in [3.8, 4) is 0 Å². The molecule has 1 saturated carbocycles. The van der Waals surface area contributed by atoms with Crippen LogP contribution in [0.5, 0.6) is 0 Å². The lowest BCUT2D eigenvalue weighted by Crippen LogP contribution is -2.58. The van der Waals surface area contributed by atoms with Crippen LogP contribution < -0.4 is 22.1 Å². The van der Waals surface area contributed by atoms with E-state index in [1.807, 2.05) is 0 Å². The zero-order chi connectivity index (χ0) is 22.0. The summed E-state index contributed by atoms with van der Waals surface area (Å²) >= 11 is 0. The van der Waals surface area contributed by atoms with Crippen LogP contribution in [0.15, 0.2) is 0 Å². The lowest BCUT2D eigenvalue weighted by molar-refractivity contribution is -0.135. The first kappa shape index (κ1) is 25.5. The number of Topliss-reactive ketones (excluding diaryl/α,β-unsaturated/α-hetero) is 1. The second-order valence-corrected chi connectivity index (χ2v) is 8.59. The first-order valence-corrected chi connectivity index (χ1v) is 10.9. The van der Waals surface area contributed by atoms with Crippen molar-refractivity contribution in [3.63, 3.8) is 0 Å². The van der Waals surface area contributed by atoms with Gasteiger partial charge in [0.05, 0.1) is 18.1 Å². The smallest absolute Gasteiger partial charge is 0.245 e. The molecule has 1 rings (SSSR count). The highest BCUT2D eigenvalue weighted by Crippen LogP contribution is 2.28. The summed E-state index contributed by atoms with van der Waals surface area (Å²) in [6, 6.07) is -2.02. The molecule has 0 aromatic heterocycles. The van der Waals surface area contributed by atoms with Gasteiger partial charge in [-0.05, 0) is 25.7 Å². The van der Waals surface area contributed by atoms with E-state index in [1.165, 1.54) is 39.0 Å². The van der Waals surface area contributed by atoms with Gasteiger partial charge in [-0.3, -0.25) is 14.4 Å². The Kier molecular flexibility index (Phi) is 11.4. The van der Waals surface area contributed by atoms with Gasteiger partial charge in [0, 0.05) is 19.0 Å². The van der Waals surface area contributed by atoms with Crippen molar-refractivity contribution in [2.24, 2.45) is 29.2 Å². The summed E-state index contributed by atoms with van der Waals surface area (Å²) in [7, 11) is 0. The summed E-state index contributed by atoms with van der Waals surface area (Å²) in [5.41, 5.74) is 11.4. The maximum atomic E-state index is 12.7. The van der Waals surface area contributed by atoms with Crippen molar-refractivity contribution < 1.29 is 19.5 Å². The number of carbonyl (C=O) groups is 3. The number of nitrogens with two attached hydrogens (primary N) is 2. The van der Waals surface area contributed by atoms with E-state index < -0.39 is 30.0 Å². The zero-order valence-electron chi connectivity index (χ0n) is 18.2. The summed E-state index contributed by atoms with van der Waals surface area (Å²) < 4.78 is 0. The van der Waals surface area contributed by atoms with Crippen molar-refractivity contribution in [1.82, 2.24) is 10.6 Å². The molecular formula is C21H40N4O4. The van der Waals surface area contributed by atoms with Crippen LogP contribution in [-0.2, 0) is 14.4 Å². The fourth-order valence-electron chi connectivity index (χ4n) is 3.86.